The van der Waals surface area contributed by atoms with E-state index < -0.39 is 28.8 Å². The Kier molecular flexibility index (Phi) is 5.17. The number of aromatic nitrogens is 1. The van der Waals surface area contributed by atoms with E-state index in [4.69, 9.17) is 0 Å². The maximum atomic E-state index is 13.5. The zero-order chi connectivity index (χ0) is 17.0. The third-order valence-corrected chi connectivity index (χ3v) is 3.12. The number of pyridine rings is 1. The van der Waals surface area contributed by atoms with Crippen LogP contribution in [0.15, 0.2) is 29.2 Å². The summed E-state index contributed by atoms with van der Waals surface area (Å²) in [5.41, 5.74) is -0.497. The number of rotatable bonds is 5. The number of hydrogen-bond acceptors (Lipinski definition) is 4. The van der Waals surface area contributed by atoms with Gasteiger partial charge in [0.15, 0.2) is 5.43 Å². The normalized spacial score (nSPS) is 10.6. The van der Waals surface area contributed by atoms with E-state index in [9.17, 15) is 22.8 Å². The lowest BCUT2D eigenvalue weighted by molar-refractivity contribution is 0.0594. The van der Waals surface area contributed by atoms with Crippen molar-refractivity contribution in [2.75, 3.05) is 7.11 Å². The SMILES string of the molecule is COC(=O)c1cc(=O)c(CNCc2c(F)cc(F)cc2F)c[nH]1. The maximum Gasteiger partial charge on any atom is 0.354 e. The summed E-state index contributed by atoms with van der Waals surface area (Å²) >= 11 is 0. The van der Waals surface area contributed by atoms with Crippen LogP contribution in [0.2, 0.25) is 0 Å². The van der Waals surface area contributed by atoms with E-state index in [0.29, 0.717) is 12.1 Å². The van der Waals surface area contributed by atoms with Crippen LogP contribution in [0.1, 0.15) is 21.6 Å². The second-order valence-electron chi connectivity index (χ2n) is 4.68. The van der Waals surface area contributed by atoms with E-state index in [-0.39, 0.29) is 29.9 Å². The number of benzene rings is 1. The molecule has 2 aromatic rings. The summed E-state index contributed by atoms with van der Waals surface area (Å²) < 4.78 is 44.2. The van der Waals surface area contributed by atoms with E-state index in [0.717, 1.165) is 6.07 Å². The third kappa shape index (κ3) is 3.98. The number of carbonyl (C=O) groups is 1. The second-order valence-corrected chi connectivity index (χ2v) is 4.68. The van der Waals surface area contributed by atoms with Gasteiger partial charge in [-0.25, -0.2) is 18.0 Å². The molecule has 0 bridgehead atoms. The molecule has 0 amide bonds. The first-order chi connectivity index (χ1) is 10.9. The van der Waals surface area contributed by atoms with E-state index in [2.05, 4.69) is 15.0 Å². The lowest BCUT2D eigenvalue weighted by Gasteiger charge is -2.08. The number of aromatic amines is 1. The molecule has 1 heterocycles. The molecule has 23 heavy (non-hydrogen) atoms. The Bertz CT molecular complexity index is 767. The number of methoxy groups -OCH3 is 1. The van der Waals surface area contributed by atoms with Gasteiger partial charge in [-0.05, 0) is 0 Å². The number of nitrogens with one attached hydrogen (secondary N) is 2. The third-order valence-electron chi connectivity index (χ3n) is 3.12. The Morgan fingerprint density at radius 3 is 2.39 bits per heavy atom. The fraction of sp³-hybridized carbons (Fsp3) is 0.200. The first-order valence-corrected chi connectivity index (χ1v) is 6.56. The van der Waals surface area contributed by atoms with Gasteiger partial charge in [-0.1, -0.05) is 0 Å². The van der Waals surface area contributed by atoms with Crippen LogP contribution >= 0.6 is 0 Å². The molecule has 0 spiro atoms. The first-order valence-electron chi connectivity index (χ1n) is 6.56. The predicted molar refractivity (Wildman–Crippen MR) is 75.3 cm³/mol. The van der Waals surface area contributed by atoms with Crippen molar-refractivity contribution in [1.82, 2.24) is 10.3 Å². The van der Waals surface area contributed by atoms with Crippen molar-refractivity contribution in [3.05, 3.63) is 68.9 Å². The molecule has 0 aliphatic heterocycles. The zero-order valence-corrected chi connectivity index (χ0v) is 12.1. The fourth-order valence-corrected chi connectivity index (χ4v) is 1.93. The van der Waals surface area contributed by atoms with Crippen LogP contribution in [-0.2, 0) is 17.8 Å². The van der Waals surface area contributed by atoms with E-state index in [1.54, 1.807) is 0 Å². The number of carbonyl (C=O) groups excluding carboxylic acids is 1. The van der Waals surface area contributed by atoms with Crippen molar-refractivity contribution >= 4 is 5.97 Å². The number of halogens is 3. The molecule has 0 radical (unpaired) electrons. The standard InChI is InChI=1S/C15H13F3N2O3/c1-23-15(22)13-4-14(21)8(6-20-13)5-19-7-10-11(17)2-9(16)3-12(10)18/h2-4,6,19H,5,7H2,1H3,(H,20,21). The molecule has 122 valence electrons. The lowest BCUT2D eigenvalue weighted by atomic mass is 10.2. The molecule has 2 N–H and O–H groups in total. The molecule has 0 saturated carbocycles. The number of hydrogen-bond donors (Lipinski definition) is 2. The molecule has 1 aromatic heterocycles. The minimum absolute atomic E-state index is 0.00289. The lowest BCUT2D eigenvalue weighted by Crippen LogP contribution is -2.21. The van der Waals surface area contributed by atoms with Crippen molar-refractivity contribution < 1.29 is 22.7 Å². The summed E-state index contributed by atoms with van der Waals surface area (Å²) in [6.07, 6.45) is 1.30. The molecular formula is C15H13F3N2O3. The molecule has 0 atom stereocenters. The van der Waals surface area contributed by atoms with Gasteiger partial charge in [-0.2, -0.15) is 0 Å². The molecule has 8 heteroatoms. The van der Waals surface area contributed by atoms with Gasteiger partial charge in [0, 0.05) is 48.6 Å². The van der Waals surface area contributed by atoms with Crippen LogP contribution in [0.5, 0.6) is 0 Å². The number of H-pyrrole nitrogens is 1. The van der Waals surface area contributed by atoms with E-state index >= 15 is 0 Å². The highest BCUT2D eigenvalue weighted by Crippen LogP contribution is 2.14. The Hall–Kier alpha value is -2.61. The molecule has 0 aliphatic carbocycles. The van der Waals surface area contributed by atoms with Gasteiger partial charge in [-0.15, -0.1) is 0 Å². The van der Waals surface area contributed by atoms with E-state index in [1.165, 1.54) is 13.3 Å². The van der Waals surface area contributed by atoms with Gasteiger partial charge in [-0.3, -0.25) is 4.79 Å². The van der Waals surface area contributed by atoms with Crippen LogP contribution in [0.4, 0.5) is 13.2 Å². The van der Waals surface area contributed by atoms with Gasteiger partial charge in [0.1, 0.15) is 23.1 Å². The van der Waals surface area contributed by atoms with Gasteiger partial charge < -0.3 is 15.0 Å². The molecule has 2 rings (SSSR count). The Morgan fingerprint density at radius 1 is 1.17 bits per heavy atom. The summed E-state index contributed by atoms with van der Waals surface area (Å²) in [6.45, 7) is -0.219. The van der Waals surface area contributed by atoms with Gasteiger partial charge >= 0.3 is 5.97 Å². The summed E-state index contributed by atoms with van der Waals surface area (Å²) in [7, 11) is 1.18. The van der Waals surface area contributed by atoms with Crippen LogP contribution in [0, 0.1) is 17.5 Å². The summed E-state index contributed by atoms with van der Waals surface area (Å²) in [5.74, 6) is -3.70. The second kappa shape index (κ2) is 7.10. The average Bonchev–Trinajstić information content (AvgIpc) is 2.50. The number of esters is 1. The molecule has 0 fully saturated rings. The first kappa shape index (κ1) is 16.8. The Labute approximate surface area is 129 Å². The number of ether oxygens (including phenoxy) is 1. The molecule has 5 nitrogen and oxygen atoms in total. The van der Waals surface area contributed by atoms with Crippen molar-refractivity contribution in [3.63, 3.8) is 0 Å². The largest absolute Gasteiger partial charge is 0.464 e. The average molecular weight is 326 g/mol. The van der Waals surface area contributed by atoms with Crippen LogP contribution in [-0.4, -0.2) is 18.1 Å². The van der Waals surface area contributed by atoms with Crippen LogP contribution in [0.3, 0.4) is 0 Å². The van der Waals surface area contributed by atoms with Gasteiger partial charge in [0.05, 0.1) is 7.11 Å². The molecular weight excluding hydrogens is 313 g/mol. The molecule has 0 saturated heterocycles. The topological polar surface area (TPSA) is 71.2 Å². The predicted octanol–water partition coefficient (Wildman–Crippen LogP) is 1.87. The van der Waals surface area contributed by atoms with Gasteiger partial charge in [0.25, 0.3) is 0 Å². The quantitative estimate of drug-likeness (QED) is 0.823. The highest BCUT2D eigenvalue weighted by atomic mass is 19.1. The van der Waals surface area contributed by atoms with Gasteiger partial charge in [0.2, 0.25) is 0 Å². The van der Waals surface area contributed by atoms with Crippen molar-refractivity contribution in [2.45, 2.75) is 13.1 Å². The minimum Gasteiger partial charge on any atom is -0.464 e. The van der Waals surface area contributed by atoms with E-state index in [1.807, 2.05) is 0 Å². The molecule has 0 aliphatic rings. The van der Waals surface area contributed by atoms with Crippen molar-refractivity contribution in [2.24, 2.45) is 0 Å². The maximum absolute atomic E-state index is 13.5. The Balaban J connectivity index is 2.05. The molecule has 0 unspecified atom stereocenters. The van der Waals surface area contributed by atoms with Crippen LogP contribution < -0.4 is 10.7 Å². The summed E-state index contributed by atoms with van der Waals surface area (Å²) in [5, 5.41) is 2.68. The highest BCUT2D eigenvalue weighted by Gasteiger charge is 2.12. The minimum atomic E-state index is -1.01. The Morgan fingerprint density at radius 2 is 1.83 bits per heavy atom. The summed E-state index contributed by atoms with van der Waals surface area (Å²) in [4.78, 5) is 25.7. The van der Waals surface area contributed by atoms with Crippen molar-refractivity contribution in [1.29, 1.82) is 0 Å². The summed E-state index contributed by atoms with van der Waals surface area (Å²) in [6, 6.07) is 2.23. The zero-order valence-electron chi connectivity index (χ0n) is 12.1. The van der Waals surface area contributed by atoms with Crippen LogP contribution in [0.25, 0.3) is 0 Å². The van der Waals surface area contributed by atoms with Crippen molar-refractivity contribution in [3.8, 4) is 0 Å². The monoisotopic (exact) mass is 326 g/mol. The highest BCUT2D eigenvalue weighted by molar-refractivity contribution is 5.86. The fourth-order valence-electron chi connectivity index (χ4n) is 1.93. The molecule has 1 aromatic carbocycles. The smallest absolute Gasteiger partial charge is 0.354 e.